The topological polar surface area (TPSA) is 301 Å². The average molecular weight is 942 g/mol. The molecule has 0 aliphatic rings. The van der Waals surface area contributed by atoms with Crippen molar-refractivity contribution in [2.75, 3.05) is 12.8 Å². The van der Waals surface area contributed by atoms with E-state index in [1.165, 1.54) is 67.8 Å². The molecule has 62 heavy (non-hydrogen) atoms. The van der Waals surface area contributed by atoms with E-state index in [0.717, 1.165) is 30.3 Å². The third-order valence-electron chi connectivity index (χ3n) is 8.78. The summed E-state index contributed by atoms with van der Waals surface area (Å²) in [4.78, 5) is -2.07. The molecule has 18 nitrogen and oxygen atoms in total. The number of benzene rings is 7. The number of phenols is 1. The summed E-state index contributed by atoms with van der Waals surface area (Å²) in [6, 6.07) is 22.2. The summed E-state index contributed by atoms with van der Waals surface area (Å²) in [5.74, 6) is -0.370. The summed E-state index contributed by atoms with van der Waals surface area (Å²) in [6.45, 7) is 0. The Balaban J connectivity index is 0.00000282. The molecule has 0 radical (unpaired) electrons. The first-order valence-corrected chi connectivity index (χ1v) is 21.1. The normalized spacial score (nSPS) is 12.2. The van der Waals surface area contributed by atoms with Gasteiger partial charge in [0.15, 0.2) is 5.75 Å². The quantitative estimate of drug-likeness (QED) is 0.0797. The molecule has 7 aromatic rings. The second kappa shape index (κ2) is 20.2. The number of rotatable bonds is 10. The summed E-state index contributed by atoms with van der Waals surface area (Å²) in [6.07, 6.45) is 0. The van der Waals surface area contributed by atoms with Gasteiger partial charge in [-0.3, -0.25) is 0 Å². The molecule has 0 amide bonds. The number of phenolic OH excluding ortho intramolecular Hbond substituents is 1. The van der Waals surface area contributed by atoms with Crippen LogP contribution in [-0.4, -0.2) is 51.1 Å². The van der Waals surface area contributed by atoms with Crippen LogP contribution in [0.25, 0.3) is 32.3 Å². The number of aromatic hydroxyl groups is 1. The second-order valence-electron chi connectivity index (χ2n) is 12.4. The molecule has 0 saturated heterocycles. The molecular weight excluding hydrogens is 919 g/mol. The summed E-state index contributed by atoms with van der Waals surface area (Å²) >= 11 is 6.29. The Bertz CT molecular complexity index is 3360. The Hall–Kier alpha value is -3.46. The van der Waals surface area contributed by atoms with Crippen LogP contribution >= 0.6 is 11.6 Å². The van der Waals surface area contributed by atoms with Gasteiger partial charge in [-0.05, 0) is 66.0 Å². The number of ether oxygens (including phenoxy) is 1. The van der Waals surface area contributed by atoms with E-state index in [9.17, 15) is 44.0 Å². The molecule has 0 spiro atoms. The Kier molecular flexibility index (Phi) is 16.6. The summed E-state index contributed by atoms with van der Waals surface area (Å²) in [5, 5.41) is 37.0. The number of methoxy groups -OCH3 is 1. The van der Waals surface area contributed by atoms with E-state index in [4.69, 9.17) is 22.1 Å². The molecule has 0 heterocycles. The fourth-order valence-corrected chi connectivity index (χ4v) is 7.81. The zero-order valence-electron chi connectivity index (χ0n) is 32.7. The van der Waals surface area contributed by atoms with Gasteiger partial charge in [-0.2, -0.15) is 0 Å². The smallest absolute Gasteiger partial charge is 0.744 e. The molecule has 0 atom stereocenters. The zero-order chi connectivity index (χ0) is 42.4. The fraction of sp³-hybridized carbons (Fsp3) is 0.0270. The van der Waals surface area contributed by atoms with Crippen molar-refractivity contribution < 1.29 is 137 Å². The maximum atomic E-state index is 12.2. The van der Waals surface area contributed by atoms with Gasteiger partial charge in [0.1, 0.15) is 47.5 Å². The number of nitrogen functional groups attached to an aromatic ring is 1. The molecule has 0 fully saturated rings. The average Bonchev–Trinajstić information content (AvgIpc) is 3.18. The number of anilines is 1. The third kappa shape index (κ3) is 10.9. The molecule has 300 valence electrons. The van der Waals surface area contributed by atoms with E-state index in [2.05, 4.69) is 30.7 Å². The van der Waals surface area contributed by atoms with Crippen LogP contribution in [0, 0.1) is 0 Å². The number of halogens is 1. The van der Waals surface area contributed by atoms with Gasteiger partial charge in [-0.15, -0.1) is 30.7 Å². The van der Waals surface area contributed by atoms with Gasteiger partial charge in [0, 0.05) is 33.0 Å². The van der Waals surface area contributed by atoms with Gasteiger partial charge in [0.05, 0.1) is 55.3 Å². The van der Waals surface area contributed by atoms with Crippen molar-refractivity contribution in [3.63, 3.8) is 0 Å². The molecule has 0 unspecified atom stereocenters. The van der Waals surface area contributed by atoms with Crippen molar-refractivity contribution >= 4 is 114 Å². The number of nitrogens with zero attached hydrogens (tertiary/aromatic N) is 6. The number of azo groups is 3. The summed E-state index contributed by atoms with van der Waals surface area (Å²) in [7, 11) is -13.7. The number of fused-ring (bicyclic) bond motifs is 3. The van der Waals surface area contributed by atoms with Crippen molar-refractivity contribution in [1.82, 2.24) is 0 Å². The number of nitrogens with two attached hydrogens (primary N) is 1. The first-order valence-electron chi connectivity index (χ1n) is 16.5. The van der Waals surface area contributed by atoms with Crippen LogP contribution in [0.15, 0.2) is 149 Å². The molecule has 0 aliphatic carbocycles. The Morgan fingerprint density at radius 2 is 1.00 bits per heavy atom. The van der Waals surface area contributed by atoms with Crippen LogP contribution in [0.3, 0.4) is 0 Å². The second-order valence-corrected chi connectivity index (χ2v) is 16.9. The van der Waals surface area contributed by atoms with E-state index in [1.807, 2.05) is 0 Å². The maximum absolute atomic E-state index is 12.2. The fourth-order valence-electron chi connectivity index (χ4n) is 5.96. The Morgan fingerprint density at radius 1 is 0.548 bits per heavy atom. The predicted molar refractivity (Wildman–Crippen MR) is 212 cm³/mol. The molecule has 0 aromatic heterocycles. The molecule has 0 saturated carbocycles. The van der Waals surface area contributed by atoms with Crippen LogP contribution in [-0.2, 0) is 30.4 Å². The van der Waals surface area contributed by atoms with Crippen LogP contribution in [0.5, 0.6) is 11.5 Å². The molecular formula is C37H23ClN7Na3O11S3. The van der Waals surface area contributed by atoms with Gasteiger partial charge in [-0.25, -0.2) is 25.3 Å². The molecule has 3 N–H and O–H groups in total. The zero-order valence-corrected chi connectivity index (χ0v) is 41.9. The minimum absolute atomic E-state index is 0. The minimum atomic E-state index is -5.17. The third-order valence-corrected chi connectivity index (χ3v) is 11.6. The van der Waals surface area contributed by atoms with Crippen LogP contribution in [0.2, 0.25) is 5.02 Å². The number of hydrogen-bond acceptors (Lipinski definition) is 18. The molecule has 0 bridgehead atoms. The Labute approximate surface area is 424 Å². The van der Waals surface area contributed by atoms with Gasteiger partial charge in [0.25, 0.3) is 0 Å². The van der Waals surface area contributed by atoms with Crippen molar-refractivity contribution in [2.45, 2.75) is 14.7 Å². The van der Waals surface area contributed by atoms with E-state index in [0.29, 0.717) is 0 Å². The van der Waals surface area contributed by atoms with Crippen LogP contribution in [0.1, 0.15) is 0 Å². The standard InChI is InChI=1S/C37H26ClN7O11S3.3Na/c1-56-34-18-33(27(38)17-28(34)39)44-42-32-12-10-29(23-8-6-20(15-25(23)32)57(47,48)49)40-41-31-13-11-30(24-9-7-21(16-26(24)31)58(50,51)52)43-45-36-35(59(53,54)55)14-19-4-2-3-5-22(19)37(36)46;;;/h2-18,46H,39H2,1H3,(H,47,48,49)(H,50,51,52)(H,53,54,55);;;/q;3*+1/p-3. The van der Waals surface area contributed by atoms with Gasteiger partial charge >= 0.3 is 88.7 Å². The predicted octanol–water partition coefficient (Wildman–Crippen LogP) is 0.0665. The van der Waals surface area contributed by atoms with E-state index >= 15 is 0 Å². The summed E-state index contributed by atoms with van der Waals surface area (Å²) < 4.78 is 114. The molecule has 7 rings (SSSR count). The van der Waals surface area contributed by atoms with Gasteiger partial charge < -0.3 is 29.2 Å². The van der Waals surface area contributed by atoms with Crippen LogP contribution in [0.4, 0.5) is 39.8 Å². The largest absolute Gasteiger partial charge is 1.00 e. The van der Waals surface area contributed by atoms with Crippen molar-refractivity contribution in [2.24, 2.45) is 30.7 Å². The molecule has 0 aliphatic heterocycles. The monoisotopic (exact) mass is 941 g/mol. The van der Waals surface area contributed by atoms with E-state index in [-0.39, 0.29) is 166 Å². The van der Waals surface area contributed by atoms with Crippen molar-refractivity contribution in [1.29, 1.82) is 0 Å². The molecule has 25 heteroatoms. The SMILES string of the molecule is COc1cc(N=Nc2ccc(N=Nc3ccc(N=Nc4c(S(=O)(=O)[O-])cc5ccccc5c4O)c4ccc(S(=O)(=O)[O-])cc34)c3ccc(S(=O)(=O)[O-])cc23)c(Cl)cc1N.[Na+].[Na+].[Na+]. The van der Waals surface area contributed by atoms with Gasteiger partial charge in [0.2, 0.25) is 0 Å². The maximum Gasteiger partial charge on any atom is 1.00 e. The van der Waals surface area contributed by atoms with Crippen LogP contribution < -0.4 is 99.1 Å². The first kappa shape index (κ1) is 51.2. The number of hydrogen-bond donors (Lipinski definition) is 2. The molecule has 7 aromatic carbocycles. The van der Waals surface area contributed by atoms with Crippen molar-refractivity contribution in [3.8, 4) is 11.5 Å². The Morgan fingerprint density at radius 3 is 1.47 bits per heavy atom. The van der Waals surface area contributed by atoms with Crippen molar-refractivity contribution in [3.05, 3.63) is 108 Å². The van der Waals surface area contributed by atoms with Gasteiger partial charge in [-0.1, -0.05) is 48.0 Å². The summed E-state index contributed by atoms with van der Waals surface area (Å²) in [5.41, 5.74) is 5.81. The minimum Gasteiger partial charge on any atom is -0.744 e. The first-order chi connectivity index (χ1) is 27.8. The van der Waals surface area contributed by atoms with E-state index in [1.54, 1.807) is 12.1 Å². The van der Waals surface area contributed by atoms with E-state index < -0.39 is 56.5 Å².